The smallest absolute Gasteiger partial charge is 0.222 e. The number of hydrogen-bond donors (Lipinski definition) is 1. The van der Waals surface area contributed by atoms with E-state index in [-0.39, 0.29) is 5.91 Å². The number of nitrogens with two attached hydrogens (primary N) is 1. The van der Waals surface area contributed by atoms with Gasteiger partial charge in [-0.2, -0.15) is 5.26 Å². The van der Waals surface area contributed by atoms with E-state index in [1.165, 1.54) is 0 Å². The summed E-state index contributed by atoms with van der Waals surface area (Å²) in [5, 5.41) is 8.53. The van der Waals surface area contributed by atoms with Gasteiger partial charge < -0.3 is 10.6 Å². The van der Waals surface area contributed by atoms with Crippen LogP contribution in [0.15, 0.2) is 24.3 Å². The standard InChI is InChI=1S/C14H19N3O/c1-2-17(11-3-10-15)14(18)9-6-12-4-7-13(16)8-5-12/h4-5,7-8H,2-3,6,9,11,16H2,1H3. The Morgan fingerprint density at radius 1 is 1.39 bits per heavy atom. The van der Waals surface area contributed by atoms with Crippen LogP contribution in [0.1, 0.15) is 25.3 Å². The Kier molecular flexibility index (Phi) is 5.72. The summed E-state index contributed by atoms with van der Waals surface area (Å²) in [6.07, 6.45) is 1.58. The second-order valence-electron chi connectivity index (χ2n) is 4.12. The number of hydrogen-bond acceptors (Lipinski definition) is 3. The molecule has 4 heteroatoms. The number of amides is 1. The Balaban J connectivity index is 2.44. The molecule has 0 aromatic heterocycles. The first-order valence-corrected chi connectivity index (χ1v) is 6.16. The molecule has 0 fully saturated rings. The van der Waals surface area contributed by atoms with Gasteiger partial charge in [0, 0.05) is 25.2 Å². The van der Waals surface area contributed by atoms with Gasteiger partial charge in [-0.05, 0) is 31.0 Å². The number of nitriles is 1. The van der Waals surface area contributed by atoms with E-state index in [4.69, 9.17) is 11.0 Å². The molecule has 0 atom stereocenters. The van der Waals surface area contributed by atoms with Crippen LogP contribution >= 0.6 is 0 Å². The van der Waals surface area contributed by atoms with Gasteiger partial charge in [0.05, 0.1) is 12.5 Å². The molecule has 0 spiro atoms. The molecule has 2 N–H and O–H groups in total. The number of aryl methyl sites for hydroxylation is 1. The number of carbonyl (C=O) groups is 1. The van der Waals surface area contributed by atoms with Gasteiger partial charge in [0.15, 0.2) is 0 Å². The summed E-state index contributed by atoms with van der Waals surface area (Å²) in [7, 11) is 0. The van der Waals surface area contributed by atoms with Crippen molar-refractivity contribution in [3.8, 4) is 6.07 Å². The summed E-state index contributed by atoms with van der Waals surface area (Å²) in [6, 6.07) is 9.62. The molecule has 0 aliphatic carbocycles. The van der Waals surface area contributed by atoms with Crippen molar-refractivity contribution in [2.75, 3.05) is 18.8 Å². The highest BCUT2D eigenvalue weighted by Crippen LogP contribution is 2.09. The van der Waals surface area contributed by atoms with Gasteiger partial charge in [-0.15, -0.1) is 0 Å². The number of carbonyl (C=O) groups excluding carboxylic acids is 1. The first kappa shape index (κ1) is 14.0. The van der Waals surface area contributed by atoms with Crippen LogP contribution in [0.4, 0.5) is 5.69 Å². The largest absolute Gasteiger partial charge is 0.399 e. The molecule has 4 nitrogen and oxygen atoms in total. The van der Waals surface area contributed by atoms with Crippen LogP contribution in [0, 0.1) is 11.3 Å². The van der Waals surface area contributed by atoms with Gasteiger partial charge >= 0.3 is 0 Å². The zero-order chi connectivity index (χ0) is 13.4. The first-order valence-electron chi connectivity index (χ1n) is 6.16. The van der Waals surface area contributed by atoms with Crippen molar-refractivity contribution in [3.05, 3.63) is 29.8 Å². The third kappa shape index (κ3) is 4.46. The van der Waals surface area contributed by atoms with E-state index >= 15 is 0 Å². The van der Waals surface area contributed by atoms with Crippen LogP contribution in [-0.4, -0.2) is 23.9 Å². The molecule has 0 bridgehead atoms. The predicted octanol–water partition coefficient (Wildman–Crippen LogP) is 1.96. The molecule has 1 rings (SSSR count). The lowest BCUT2D eigenvalue weighted by molar-refractivity contribution is -0.130. The third-order valence-electron chi connectivity index (χ3n) is 2.84. The highest BCUT2D eigenvalue weighted by molar-refractivity contribution is 5.76. The SMILES string of the molecule is CCN(CCC#N)C(=O)CCc1ccc(N)cc1. The van der Waals surface area contributed by atoms with Crippen molar-refractivity contribution in [2.24, 2.45) is 0 Å². The number of nitrogen functional groups attached to an aromatic ring is 1. The highest BCUT2D eigenvalue weighted by Gasteiger charge is 2.10. The minimum Gasteiger partial charge on any atom is -0.399 e. The minimum atomic E-state index is 0.101. The minimum absolute atomic E-state index is 0.101. The molecule has 0 unspecified atom stereocenters. The zero-order valence-corrected chi connectivity index (χ0v) is 10.7. The van der Waals surface area contributed by atoms with Gasteiger partial charge in [0.25, 0.3) is 0 Å². The van der Waals surface area contributed by atoms with Crippen molar-refractivity contribution in [3.63, 3.8) is 0 Å². The average molecular weight is 245 g/mol. The normalized spacial score (nSPS) is 9.78. The van der Waals surface area contributed by atoms with Crippen molar-refractivity contribution in [2.45, 2.75) is 26.2 Å². The van der Waals surface area contributed by atoms with Crippen molar-refractivity contribution < 1.29 is 4.79 Å². The van der Waals surface area contributed by atoms with Gasteiger partial charge in [0.1, 0.15) is 0 Å². The van der Waals surface area contributed by atoms with Gasteiger partial charge in [0.2, 0.25) is 5.91 Å². The number of benzene rings is 1. The predicted molar refractivity (Wildman–Crippen MR) is 71.7 cm³/mol. The van der Waals surface area contributed by atoms with Gasteiger partial charge in [-0.3, -0.25) is 4.79 Å². The monoisotopic (exact) mass is 245 g/mol. The number of nitrogens with zero attached hydrogens (tertiary/aromatic N) is 2. The van der Waals surface area contributed by atoms with E-state index in [0.717, 1.165) is 11.3 Å². The summed E-state index contributed by atoms with van der Waals surface area (Å²) in [4.78, 5) is 13.6. The summed E-state index contributed by atoms with van der Waals surface area (Å²) in [5.74, 6) is 0.101. The van der Waals surface area contributed by atoms with E-state index < -0.39 is 0 Å². The van der Waals surface area contributed by atoms with Crippen LogP contribution < -0.4 is 5.73 Å². The maximum absolute atomic E-state index is 11.9. The number of rotatable bonds is 6. The lowest BCUT2D eigenvalue weighted by Gasteiger charge is -2.19. The van der Waals surface area contributed by atoms with Crippen LogP contribution in [0.3, 0.4) is 0 Å². The summed E-state index contributed by atoms with van der Waals surface area (Å²) < 4.78 is 0. The molecule has 1 amide bonds. The second-order valence-corrected chi connectivity index (χ2v) is 4.12. The molecule has 0 heterocycles. The topological polar surface area (TPSA) is 70.1 Å². The van der Waals surface area contributed by atoms with E-state index in [9.17, 15) is 4.79 Å². The Morgan fingerprint density at radius 2 is 2.06 bits per heavy atom. The number of anilines is 1. The van der Waals surface area contributed by atoms with Crippen LogP contribution in [0.2, 0.25) is 0 Å². The third-order valence-corrected chi connectivity index (χ3v) is 2.84. The first-order chi connectivity index (χ1) is 8.67. The van der Waals surface area contributed by atoms with E-state index in [1.54, 1.807) is 4.90 Å². The van der Waals surface area contributed by atoms with Crippen molar-refractivity contribution >= 4 is 11.6 Å². The van der Waals surface area contributed by atoms with Crippen LogP contribution in [0.5, 0.6) is 0 Å². The molecule has 0 saturated carbocycles. The molecular formula is C14H19N3O. The zero-order valence-electron chi connectivity index (χ0n) is 10.7. The molecular weight excluding hydrogens is 226 g/mol. The molecule has 18 heavy (non-hydrogen) atoms. The fourth-order valence-corrected chi connectivity index (χ4v) is 1.74. The Bertz CT molecular complexity index is 420. The maximum Gasteiger partial charge on any atom is 0.222 e. The molecule has 1 aromatic carbocycles. The molecule has 0 aliphatic heterocycles. The van der Waals surface area contributed by atoms with Crippen molar-refractivity contribution in [1.29, 1.82) is 5.26 Å². The molecule has 0 aliphatic rings. The van der Waals surface area contributed by atoms with Gasteiger partial charge in [-0.25, -0.2) is 0 Å². The quantitative estimate of drug-likeness (QED) is 0.779. The maximum atomic E-state index is 11.9. The molecule has 0 saturated heterocycles. The molecule has 96 valence electrons. The fraction of sp³-hybridized carbons (Fsp3) is 0.429. The van der Waals surface area contributed by atoms with Crippen LogP contribution in [-0.2, 0) is 11.2 Å². The van der Waals surface area contributed by atoms with E-state index in [0.29, 0.717) is 32.4 Å². The summed E-state index contributed by atoms with van der Waals surface area (Å²) in [5.41, 5.74) is 7.44. The fourth-order valence-electron chi connectivity index (χ4n) is 1.74. The second kappa shape index (κ2) is 7.33. The van der Waals surface area contributed by atoms with Crippen molar-refractivity contribution in [1.82, 2.24) is 4.90 Å². The molecule has 1 aromatic rings. The summed E-state index contributed by atoms with van der Waals surface area (Å²) >= 11 is 0. The Hall–Kier alpha value is -2.02. The van der Waals surface area contributed by atoms with Crippen LogP contribution in [0.25, 0.3) is 0 Å². The lowest BCUT2D eigenvalue weighted by atomic mass is 10.1. The van der Waals surface area contributed by atoms with E-state index in [2.05, 4.69) is 6.07 Å². The lowest BCUT2D eigenvalue weighted by Crippen LogP contribution is -2.31. The average Bonchev–Trinajstić information content (AvgIpc) is 2.39. The Morgan fingerprint density at radius 3 is 2.61 bits per heavy atom. The Labute approximate surface area is 108 Å². The summed E-state index contributed by atoms with van der Waals surface area (Å²) in [6.45, 7) is 3.11. The van der Waals surface area contributed by atoms with Gasteiger partial charge in [-0.1, -0.05) is 12.1 Å². The molecule has 0 radical (unpaired) electrons. The van der Waals surface area contributed by atoms with E-state index in [1.807, 2.05) is 31.2 Å². The highest BCUT2D eigenvalue weighted by atomic mass is 16.2.